The Hall–Kier alpha value is -3.08. The van der Waals surface area contributed by atoms with Gasteiger partial charge in [0, 0.05) is 35.9 Å². The molecule has 0 atom stereocenters. The van der Waals surface area contributed by atoms with Crippen molar-refractivity contribution in [1.29, 1.82) is 0 Å². The molecule has 0 saturated heterocycles. The fourth-order valence-corrected chi connectivity index (χ4v) is 3.54. The van der Waals surface area contributed by atoms with Gasteiger partial charge in [0.2, 0.25) is 11.8 Å². The molecule has 0 fully saturated rings. The zero-order chi connectivity index (χ0) is 21.0. The van der Waals surface area contributed by atoms with Crippen molar-refractivity contribution in [3.8, 4) is 0 Å². The first-order chi connectivity index (χ1) is 13.8. The lowest BCUT2D eigenvalue weighted by Crippen LogP contribution is -2.50. The third kappa shape index (κ3) is 4.34. The minimum atomic E-state index is -1.15. The predicted octanol–water partition coefficient (Wildman–Crippen LogP) is 4.21. The lowest BCUT2D eigenvalue weighted by molar-refractivity contribution is -0.139. The van der Waals surface area contributed by atoms with Crippen LogP contribution in [0, 0.1) is 12.3 Å². The highest BCUT2D eigenvalue weighted by Crippen LogP contribution is 2.25. The van der Waals surface area contributed by atoms with Crippen molar-refractivity contribution in [2.45, 2.75) is 34.1 Å². The van der Waals surface area contributed by atoms with Crippen LogP contribution in [0.2, 0.25) is 0 Å². The normalized spacial score (nSPS) is 11.4. The van der Waals surface area contributed by atoms with Gasteiger partial charge in [0.1, 0.15) is 5.41 Å². The number of benzene rings is 2. The number of H-pyrrole nitrogens is 1. The SMILES string of the molecule is CCN(C(=O)C(C)(C)C(=O)NCCc1c[nH]c2ccccc12)c1cccc(C)c1. The summed E-state index contributed by atoms with van der Waals surface area (Å²) < 4.78 is 0. The number of fused-ring (bicyclic) bond motifs is 1. The average Bonchev–Trinajstić information content (AvgIpc) is 3.11. The maximum Gasteiger partial charge on any atom is 0.242 e. The number of rotatable bonds is 7. The monoisotopic (exact) mass is 391 g/mol. The fourth-order valence-electron chi connectivity index (χ4n) is 3.54. The summed E-state index contributed by atoms with van der Waals surface area (Å²) in [7, 11) is 0. The number of aryl methyl sites for hydroxylation is 1. The lowest BCUT2D eigenvalue weighted by Gasteiger charge is -2.30. The van der Waals surface area contributed by atoms with E-state index >= 15 is 0 Å². The number of aromatic nitrogens is 1. The van der Waals surface area contributed by atoms with E-state index in [0.29, 0.717) is 19.5 Å². The van der Waals surface area contributed by atoms with Crippen molar-refractivity contribution < 1.29 is 9.59 Å². The van der Waals surface area contributed by atoms with Gasteiger partial charge >= 0.3 is 0 Å². The molecule has 0 aliphatic rings. The Morgan fingerprint density at radius 1 is 1.10 bits per heavy atom. The second kappa shape index (κ2) is 8.52. The van der Waals surface area contributed by atoms with E-state index in [9.17, 15) is 9.59 Å². The Labute approximate surface area is 172 Å². The van der Waals surface area contributed by atoms with Gasteiger partial charge in [-0.3, -0.25) is 9.59 Å². The Balaban J connectivity index is 1.66. The van der Waals surface area contributed by atoms with Gasteiger partial charge in [0.25, 0.3) is 0 Å². The van der Waals surface area contributed by atoms with Crippen LogP contribution in [-0.4, -0.2) is 29.9 Å². The van der Waals surface area contributed by atoms with Gasteiger partial charge in [-0.2, -0.15) is 0 Å². The number of nitrogens with one attached hydrogen (secondary N) is 2. The number of amides is 2. The number of anilines is 1. The molecular formula is C24H29N3O2. The lowest BCUT2D eigenvalue weighted by atomic mass is 9.89. The molecule has 0 spiro atoms. The second-order valence-corrected chi connectivity index (χ2v) is 7.88. The summed E-state index contributed by atoms with van der Waals surface area (Å²) in [5, 5.41) is 4.11. The van der Waals surface area contributed by atoms with E-state index in [-0.39, 0.29) is 11.8 Å². The molecule has 2 aromatic carbocycles. The summed E-state index contributed by atoms with van der Waals surface area (Å²) >= 11 is 0. The van der Waals surface area contributed by atoms with Crippen molar-refractivity contribution in [1.82, 2.24) is 10.3 Å². The third-order valence-electron chi connectivity index (χ3n) is 5.33. The molecule has 1 aromatic heterocycles. The molecule has 0 aliphatic carbocycles. The number of nitrogens with zero attached hydrogens (tertiary/aromatic N) is 1. The van der Waals surface area contributed by atoms with Gasteiger partial charge in [0.05, 0.1) is 0 Å². The molecular weight excluding hydrogens is 362 g/mol. The summed E-state index contributed by atoms with van der Waals surface area (Å²) in [5.41, 5.74) is 2.98. The van der Waals surface area contributed by atoms with Gasteiger partial charge in [0.15, 0.2) is 0 Å². The number of hydrogen-bond donors (Lipinski definition) is 2. The van der Waals surface area contributed by atoms with Crippen LogP contribution in [0.15, 0.2) is 54.7 Å². The molecule has 29 heavy (non-hydrogen) atoms. The Morgan fingerprint density at radius 2 is 1.86 bits per heavy atom. The average molecular weight is 392 g/mol. The van der Waals surface area contributed by atoms with Crippen molar-refractivity contribution >= 4 is 28.4 Å². The third-order valence-corrected chi connectivity index (χ3v) is 5.33. The van der Waals surface area contributed by atoms with E-state index in [1.165, 1.54) is 0 Å². The molecule has 3 rings (SSSR count). The van der Waals surface area contributed by atoms with Crippen LogP contribution in [0.1, 0.15) is 31.9 Å². The van der Waals surface area contributed by atoms with Crippen LogP contribution in [0.25, 0.3) is 10.9 Å². The molecule has 0 aliphatic heterocycles. The Bertz CT molecular complexity index is 1020. The maximum absolute atomic E-state index is 13.2. The number of hydrogen-bond acceptors (Lipinski definition) is 2. The van der Waals surface area contributed by atoms with Crippen LogP contribution in [0.3, 0.4) is 0 Å². The molecule has 2 N–H and O–H groups in total. The van der Waals surface area contributed by atoms with Gasteiger partial charge in [-0.25, -0.2) is 0 Å². The van der Waals surface area contributed by atoms with Crippen LogP contribution in [-0.2, 0) is 16.0 Å². The van der Waals surface area contributed by atoms with Gasteiger partial charge < -0.3 is 15.2 Å². The van der Waals surface area contributed by atoms with Gasteiger partial charge in [-0.15, -0.1) is 0 Å². The standard InChI is InChI=1S/C24H29N3O2/c1-5-27(19-10-8-9-17(2)15-19)23(29)24(3,4)22(28)25-14-13-18-16-26-21-12-7-6-11-20(18)21/h6-12,15-16,26H,5,13-14H2,1-4H3,(H,25,28). The van der Waals surface area contributed by atoms with Gasteiger partial charge in [-0.1, -0.05) is 30.3 Å². The number of para-hydroxylation sites is 1. The highest BCUT2D eigenvalue weighted by molar-refractivity contribution is 6.11. The van der Waals surface area contributed by atoms with E-state index in [1.54, 1.807) is 18.7 Å². The smallest absolute Gasteiger partial charge is 0.242 e. The Kier molecular flexibility index (Phi) is 6.06. The highest BCUT2D eigenvalue weighted by Gasteiger charge is 2.39. The van der Waals surface area contributed by atoms with E-state index in [4.69, 9.17) is 0 Å². The van der Waals surface area contributed by atoms with Crippen LogP contribution < -0.4 is 10.2 Å². The molecule has 0 unspecified atom stereocenters. The van der Waals surface area contributed by atoms with E-state index < -0.39 is 5.41 Å². The van der Waals surface area contributed by atoms with Crippen molar-refractivity contribution in [2.24, 2.45) is 5.41 Å². The van der Waals surface area contributed by atoms with E-state index in [1.807, 2.05) is 62.5 Å². The predicted molar refractivity (Wildman–Crippen MR) is 118 cm³/mol. The largest absolute Gasteiger partial charge is 0.361 e. The number of carbonyl (C=O) groups excluding carboxylic acids is 2. The van der Waals surface area contributed by atoms with E-state index in [2.05, 4.69) is 16.4 Å². The van der Waals surface area contributed by atoms with Crippen LogP contribution in [0.5, 0.6) is 0 Å². The molecule has 152 valence electrons. The van der Waals surface area contributed by atoms with Crippen LogP contribution in [0.4, 0.5) is 5.69 Å². The maximum atomic E-state index is 13.2. The first kappa shape index (κ1) is 20.6. The quantitative estimate of drug-likeness (QED) is 0.593. The second-order valence-electron chi connectivity index (χ2n) is 7.88. The topological polar surface area (TPSA) is 65.2 Å². The Morgan fingerprint density at radius 3 is 2.59 bits per heavy atom. The van der Waals surface area contributed by atoms with Crippen LogP contribution >= 0.6 is 0 Å². The zero-order valence-corrected chi connectivity index (χ0v) is 17.6. The number of aromatic amines is 1. The first-order valence-corrected chi connectivity index (χ1v) is 10.1. The minimum Gasteiger partial charge on any atom is -0.361 e. The highest BCUT2D eigenvalue weighted by atomic mass is 16.2. The summed E-state index contributed by atoms with van der Waals surface area (Å²) in [4.78, 5) is 30.9. The molecule has 0 saturated carbocycles. The van der Waals surface area contributed by atoms with Crippen molar-refractivity contribution in [2.75, 3.05) is 18.0 Å². The molecule has 0 radical (unpaired) electrons. The molecule has 1 heterocycles. The molecule has 0 bridgehead atoms. The number of carbonyl (C=O) groups is 2. The molecule has 5 heteroatoms. The summed E-state index contributed by atoms with van der Waals surface area (Å²) in [5.74, 6) is -0.455. The van der Waals surface area contributed by atoms with Gasteiger partial charge in [-0.05, 0) is 63.4 Å². The minimum absolute atomic E-state index is 0.199. The zero-order valence-electron chi connectivity index (χ0n) is 17.6. The van der Waals surface area contributed by atoms with Crippen molar-refractivity contribution in [3.63, 3.8) is 0 Å². The van der Waals surface area contributed by atoms with E-state index in [0.717, 1.165) is 27.7 Å². The fraction of sp³-hybridized carbons (Fsp3) is 0.333. The first-order valence-electron chi connectivity index (χ1n) is 10.1. The molecule has 5 nitrogen and oxygen atoms in total. The summed E-state index contributed by atoms with van der Waals surface area (Å²) in [6, 6.07) is 15.9. The summed E-state index contributed by atoms with van der Waals surface area (Å²) in [6.07, 6.45) is 2.68. The summed E-state index contributed by atoms with van der Waals surface area (Å²) in [6.45, 7) is 8.28. The molecule has 2 amide bonds. The van der Waals surface area contributed by atoms with Crippen molar-refractivity contribution in [3.05, 3.63) is 65.9 Å². The molecule has 3 aromatic rings.